The van der Waals surface area contributed by atoms with Gasteiger partial charge >= 0.3 is 0 Å². The van der Waals surface area contributed by atoms with Crippen LogP contribution < -0.4 is 5.73 Å². The van der Waals surface area contributed by atoms with Crippen molar-refractivity contribution in [3.8, 4) is 17.3 Å². The number of fused-ring (bicyclic) bond motifs is 1. The van der Waals surface area contributed by atoms with Crippen molar-refractivity contribution in [2.45, 2.75) is 6.92 Å². The first-order chi connectivity index (χ1) is 12.5. The molecule has 2 N–H and O–H groups in total. The summed E-state index contributed by atoms with van der Waals surface area (Å²) in [6.45, 7) is 1.68. The number of amides is 1. The average Bonchev–Trinajstić information content (AvgIpc) is 3.04. The molecule has 0 aliphatic carbocycles. The minimum Gasteiger partial charge on any atom is -0.365 e. The molecular formula is C18H13FN6O. The molecule has 0 saturated heterocycles. The Morgan fingerprint density at radius 3 is 2.77 bits per heavy atom. The molecule has 8 heteroatoms. The Labute approximate surface area is 147 Å². The van der Waals surface area contributed by atoms with Gasteiger partial charge in [0.1, 0.15) is 22.7 Å². The van der Waals surface area contributed by atoms with Crippen molar-refractivity contribution in [3.63, 3.8) is 0 Å². The molecule has 0 fully saturated rings. The molecule has 4 aromatic rings. The quantitative estimate of drug-likeness (QED) is 0.613. The van der Waals surface area contributed by atoms with Crippen LogP contribution in [-0.2, 0) is 0 Å². The van der Waals surface area contributed by atoms with Gasteiger partial charge in [0.05, 0.1) is 11.9 Å². The fraction of sp³-hybridized carbons (Fsp3) is 0.0556. The highest BCUT2D eigenvalue weighted by Gasteiger charge is 2.20. The molecule has 0 saturated carbocycles. The first-order valence-electron chi connectivity index (χ1n) is 7.77. The Morgan fingerprint density at radius 2 is 2.04 bits per heavy atom. The van der Waals surface area contributed by atoms with Crippen LogP contribution in [0.15, 0.2) is 48.9 Å². The van der Waals surface area contributed by atoms with Gasteiger partial charge in [-0.3, -0.25) is 14.3 Å². The van der Waals surface area contributed by atoms with Crippen LogP contribution in [0.1, 0.15) is 16.1 Å². The summed E-state index contributed by atoms with van der Waals surface area (Å²) in [6.07, 6.45) is 4.40. The van der Waals surface area contributed by atoms with Crippen molar-refractivity contribution in [2.24, 2.45) is 5.73 Å². The van der Waals surface area contributed by atoms with Crippen molar-refractivity contribution < 1.29 is 9.18 Å². The fourth-order valence-corrected chi connectivity index (χ4v) is 2.80. The van der Waals surface area contributed by atoms with E-state index in [2.05, 4.69) is 19.9 Å². The summed E-state index contributed by atoms with van der Waals surface area (Å²) in [5.74, 6) is -0.473. The van der Waals surface area contributed by atoms with Crippen LogP contribution in [0.25, 0.3) is 28.4 Å². The zero-order chi connectivity index (χ0) is 18.3. The molecule has 0 bridgehead atoms. The van der Waals surface area contributed by atoms with Gasteiger partial charge in [-0.05, 0) is 31.2 Å². The number of hydrogen-bond donors (Lipinski definition) is 1. The van der Waals surface area contributed by atoms with Gasteiger partial charge in [0.15, 0.2) is 11.6 Å². The van der Waals surface area contributed by atoms with Crippen LogP contribution in [0, 0.1) is 12.7 Å². The number of halogens is 1. The van der Waals surface area contributed by atoms with Gasteiger partial charge < -0.3 is 5.73 Å². The summed E-state index contributed by atoms with van der Waals surface area (Å²) >= 11 is 0. The molecule has 0 radical (unpaired) electrons. The van der Waals surface area contributed by atoms with E-state index < -0.39 is 11.7 Å². The molecule has 0 aliphatic rings. The summed E-state index contributed by atoms with van der Waals surface area (Å²) in [5.41, 5.74) is 7.16. The van der Waals surface area contributed by atoms with Crippen LogP contribution in [0.5, 0.6) is 0 Å². The van der Waals surface area contributed by atoms with Gasteiger partial charge in [-0.2, -0.15) is 0 Å². The standard InChI is InChI=1S/C18H13FN6O/c1-10-14(15(20)26)18(24-16(23-10)13-4-2-3-6-21-13)25-7-5-11-8-12(19)9-22-17(11)25/h2-9H,1H3,(H2,20,26). The summed E-state index contributed by atoms with van der Waals surface area (Å²) < 4.78 is 15.0. The van der Waals surface area contributed by atoms with E-state index in [9.17, 15) is 9.18 Å². The van der Waals surface area contributed by atoms with Crippen LogP contribution in [-0.4, -0.2) is 30.4 Å². The summed E-state index contributed by atoms with van der Waals surface area (Å²) in [7, 11) is 0. The SMILES string of the molecule is Cc1nc(-c2ccccn2)nc(-n2ccc3cc(F)cnc32)c1C(N)=O. The third-order valence-electron chi connectivity index (χ3n) is 3.93. The van der Waals surface area contributed by atoms with Crippen molar-refractivity contribution in [1.82, 2.24) is 24.5 Å². The topological polar surface area (TPSA) is 99.6 Å². The van der Waals surface area contributed by atoms with Gasteiger partial charge in [0.25, 0.3) is 5.91 Å². The molecule has 4 rings (SSSR count). The lowest BCUT2D eigenvalue weighted by Crippen LogP contribution is -2.19. The maximum absolute atomic E-state index is 13.4. The molecule has 7 nitrogen and oxygen atoms in total. The summed E-state index contributed by atoms with van der Waals surface area (Å²) in [6, 6.07) is 8.42. The number of rotatable bonds is 3. The zero-order valence-corrected chi connectivity index (χ0v) is 13.7. The van der Waals surface area contributed by atoms with E-state index in [1.54, 1.807) is 42.1 Å². The van der Waals surface area contributed by atoms with Gasteiger partial charge in [-0.15, -0.1) is 0 Å². The van der Waals surface area contributed by atoms with Gasteiger partial charge in [-0.25, -0.2) is 19.3 Å². The molecule has 0 aliphatic heterocycles. The number of primary amides is 1. The van der Waals surface area contributed by atoms with E-state index in [1.165, 1.54) is 6.07 Å². The van der Waals surface area contributed by atoms with E-state index in [4.69, 9.17) is 5.73 Å². The Balaban J connectivity index is 2.01. The van der Waals surface area contributed by atoms with E-state index in [0.29, 0.717) is 28.2 Å². The van der Waals surface area contributed by atoms with Crippen molar-refractivity contribution in [2.75, 3.05) is 0 Å². The second-order valence-corrected chi connectivity index (χ2v) is 5.66. The highest BCUT2D eigenvalue weighted by Crippen LogP contribution is 2.24. The van der Waals surface area contributed by atoms with Crippen LogP contribution >= 0.6 is 0 Å². The van der Waals surface area contributed by atoms with E-state index in [1.807, 2.05) is 6.07 Å². The minimum absolute atomic E-state index is 0.174. The second-order valence-electron chi connectivity index (χ2n) is 5.66. The first kappa shape index (κ1) is 15.8. The van der Waals surface area contributed by atoms with Crippen molar-refractivity contribution in [1.29, 1.82) is 0 Å². The number of nitrogens with two attached hydrogens (primary N) is 1. The third-order valence-corrected chi connectivity index (χ3v) is 3.93. The summed E-state index contributed by atoms with van der Waals surface area (Å²) in [5, 5.41) is 0.580. The Kier molecular flexibility index (Phi) is 3.65. The molecule has 1 amide bonds. The van der Waals surface area contributed by atoms with Crippen LogP contribution in [0.2, 0.25) is 0 Å². The van der Waals surface area contributed by atoms with E-state index in [0.717, 1.165) is 6.20 Å². The van der Waals surface area contributed by atoms with E-state index >= 15 is 0 Å². The Morgan fingerprint density at radius 1 is 1.19 bits per heavy atom. The number of pyridine rings is 2. The van der Waals surface area contributed by atoms with Crippen molar-refractivity contribution >= 4 is 16.9 Å². The smallest absolute Gasteiger partial charge is 0.254 e. The molecule has 0 spiro atoms. The number of carbonyl (C=O) groups excluding carboxylic acids is 1. The fourth-order valence-electron chi connectivity index (χ4n) is 2.80. The average molecular weight is 348 g/mol. The first-order valence-corrected chi connectivity index (χ1v) is 7.77. The van der Waals surface area contributed by atoms with Crippen molar-refractivity contribution in [3.05, 3.63) is 66.0 Å². The van der Waals surface area contributed by atoms with Crippen LogP contribution in [0.3, 0.4) is 0 Å². The Hall–Kier alpha value is -3.68. The molecule has 128 valence electrons. The molecule has 0 unspecified atom stereocenters. The minimum atomic E-state index is -0.658. The Bertz CT molecular complexity index is 1140. The molecule has 4 heterocycles. The highest BCUT2D eigenvalue weighted by molar-refractivity contribution is 5.97. The molecular weight excluding hydrogens is 335 g/mol. The molecule has 26 heavy (non-hydrogen) atoms. The van der Waals surface area contributed by atoms with Gasteiger partial charge in [0.2, 0.25) is 0 Å². The predicted octanol–water partition coefficient (Wildman–Crippen LogP) is 2.42. The maximum atomic E-state index is 13.4. The largest absolute Gasteiger partial charge is 0.365 e. The highest BCUT2D eigenvalue weighted by atomic mass is 19.1. The lowest BCUT2D eigenvalue weighted by Gasteiger charge is -2.12. The number of nitrogens with zero attached hydrogens (tertiary/aromatic N) is 5. The monoisotopic (exact) mass is 348 g/mol. The number of aromatic nitrogens is 5. The maximum Gasteiger partial charge on any atom is 0.254 e. The normalized spacial score (nSPS) is 11.0. The summed E-state index contributed by atoms with van der Waals surface area (Å²) in [4.78, 5) is 29.2. The number of hydrogen-bond acceptors (Lipinski definition) is 5. The predicted molar refractivity (Wildman–Crippen MR) is 93.1 cm³/mol. The van der Waals surface area contributed by atoms with Gasteiger partial charge in [0, 0.05) is 17.8 Å². The third kappa shape index (κ3) is 2.57. The number of aryl methyl sites for hydroxylation is 1. The lowest BCUT2D eigenvalue weighted by molar-refractivity contribution is 0.0999. The van der Waals surface area contributed by atoms with Gasteiger partial charge in [-0.1, -0.05) is 6.07 Å². The van der Waals surface area contributed by atoms with Crippen LogP contribution in [0.4, 0.5) is 4.39 Å². The lowest BCUT2D eigenvalue weighted by atomic mass is 10.2. The number of carbonyl (C=O) groups is 1. The molecule has 4 aromatic heterocycles. The molecule has 0 aromatic carbocycles. The molecule has 0 atom stereocenters. The van der Waals surface area contributed by atoms with E-state index in [-0.39, 0.29) is 11.4 Å². The zero-order valence-electron chi connectivity index (χ0n) is 13.7. The second kappa shape index (κ2) is 5.99.